The van der Waals surface area contributed by atoms with E-state index in [9.17, 15) is 14.4 Å². The molecule has 0 N–H and O–H groups in total. The predicted octanol–water partition coefficient (Wildman–Crippen LogP) is 23.0. The molecule has 6 nitrogen and oxygen atoms in total. The summed E-state index contributed by atoms with van der Waals surface area (Å²) in [6, 6.07) is 0. The van der Waals surface area contributed by atoms with Crippen molar-refractivity contribution in [1.29, 1.82) is 0 Å². The summed E-state index contributed by atoms with van der Waals surface area (Å²) in [4.78, 5) is 38.2. The van der Waals surface area contributed by atoms with Crippen LogP contribution in [0, 0.1) is 0 Å². The molecule has 0 rings (SSSR count). The highest BCUT2D eigenvalue weighted by atomic mass is 16.6. The molecule has 0 aliphatic carbocycles. The summed E-state index contributed by atoms with van der Waals surface area (Å²) in [5.74, 6) is -0.888. The maximum absolute atomic E-state index is 12.9. The van der Waals surface area contributed by atoms with Gasteiger partial charge in [-0.3, -0.25) is 14.4 Å². The average Bonchev–Trinajstić information content (AvgIpc) is 3.45. The molecule has 1 atom stereocenters. The summed E-state index contributed by atoms with van der Waals surface area (Å²) < 4.78 is 16.9. The lowest BCUT2D eigenvalue weighted by atomic mass is 10.0. The molecule has 0 radical (unpaired) electrons. The number of carbonyl (C=O) groups excluding carboxylic acids is 3. The summed E-state index contributed by atoms with van der Waals surface area (Å²) in [6.07, 6.45) is 91.1. The first kappa shape index (κ1) is 75.1. The first-order valence-electron chi connectivity index (χ1n) is 33.4. The second-order valence-corrected chi connectivity index (χ2v) is 22.0. The number of hydrogen-bond donors (Lipinski definition) is 0. The van der Waals surface area contributed by atoms with Gasteiger partial charge < -0.3 is 14.2 Å². The molecule has 6 heteroatoms. The molecule has 0 aliphatic heterocycles. The van der Waals surface area contributed by atoms with E-state index >= 15 is 0 Å². The molecule has 0 saturated heterocycles. The Hall–Kier alpha value is -3.93. The fraction of sp³-hybridized carbons (Fsp3) is 0.712. The highest BCUT2D eigenvalue weighted by Crippen LogP contribution is 2.16. The SMILES string of the molecule is CC/C=C\C/C=C\C/C=C\C/C=C\C/C=C\C/C=C\C/C=C\CCCCCCCCCC(=O)OCC(COC(=O)CCCCCCCCCCC)OC(=O)CCCCCCCCCCCCC/C=C\C/C=C\CCCCCCC. The lowest BCUT2D eigenvalue weighted by molar-refractivity contribution is -0.167. The van der Waals surface area contributed by atoms with Crippen molar-refractivity contribution in [3.8, 4) is 0 Å². The van der Waals surface area contributed by atoms with Crippen LogP contribution in [0.4, 0.5) is 0 Å². The summed E-state index contributed by atoms with van der Waals surface area (Å²) in [6.45, 7) is 6.51. The fourth-order valence-electron chi connectivity index (χ4n) is 9.28. The number of rotatable bonds is 60. The van der Waals surface area contributed by atoms with Crippen LogP contribution in [0.3, 0.4) is 0 Å². The van der Waals surface area contributed by atoms with Crippen LogP contribution < -0.4 is 0 Å². The zero-order valence-corrected chi connectivity index (χ0v) is 51.9. The van der Waals surface area contributed by atoms with E-state index < -0.39 is 6.10 Å². The number of carbonyl (C=O) groups is 3. The van der Waals surface area contributed by atoms with Crippen LogP contribution in [0.15, 0.2) is 109 Å². The molecule has 0 aromatic carbocycles. The van der Waals surface area contributed by atoms with Crippen LogP contribution in [0.2, 0.25) is 0 Å². The monoisotopic (exact) mass is 1100 g/mol. The maximum Gasteiger partial charge on any atom is 0.306 e. The van der Waals surface area contributed by atoms with E-state index in [4.69, 9.17) is 14.2 Å². The summed E-state index contributed by atoms with van der Waals surface area (Å²) in [5, 5.41) is 0. The second kappa shape index (κ2) is 66.6. The second-order valence-electron chi connectivity index (χ2n) is 22.0. The predicted molar refractivity (Wildman–Crippen MR) is 343 cm³/mol. The molecule has 79 heavy (non-hydrogen) atoms. The van der Waals surface area contributed by atoms with Gasteiger partial charge in [-0.05, 0) is 109 Å². The van der Waals surface area contributed by atoms with E-state index in [2.05, 4.69) is 130 Å². The van der Waals surface area contributed by atoms with Crippen LogP contribution in [0.5, 0.6) is 0 Å². The van der Waals surface area contributed by atoms with Gasteiger partial charge in [0.15, 0.2) is 6.10 Å². The number of allylic oxidation sites excluding steroid dienone is 18. The quantitative estimate of drug-likeness (QED) is 0.0261. The fourth-order valence-corrected chi connectivity index (χ4v) is 9.28. The Kier molecular flexibility index (Phi) is 63.3. The van der Waals surface area contributed by atoms with Gasteiger partial charge in [0.05, 0.1) is 0 Å². The van der Waals surface area contributed by atoms with Gasteiger partial charge in [0.25, 0.3) is 0 Å². The smallest absolute Gasteiger partial charge is 0.306 e. The van der Waals surface area contributed by atoms with Gasteiger partial charge >= 0.3 is 17.9 Å². The zero-order valence-electron chi connectivity index (χ0n) is 51.9. The molecule has 0 fully saturated rings. The largest absolute Gasteiger partial charge is 0.462 e. The Morgan fingerprint density at radius 2 is 0.494 bits per heavy atom. The highest BCUT2D eigenvalue weighted by molar-refractivity contribution is 5.71. The van der Waals surface area contributed by atoms with Gasteiger partial charge in [0, 0.05) is 19.3 Å². The zero-order chi connectivity index (χ0) is 57.1. The lowest BCUT2D eigenvalue weighted by Gasteiger charge is -2.18. The molecule has 0 heterocycles. The van der Waals surface area contributed by atoms with Crippen molar-refractivity contribution in [1.82, 2.24) is 0 Å². The summed E-state index contributed by atoms with van der Waals surface area (Å²) in [7, 11) is 0. The third-order valence-corrected chi connectivity index (χ3v) is 14.3. The van der Waals surface area contributed by atoms with E-state index in [1.165, 1.54) is 161 Å². The summed E-state index contributed by atoms with van der Waals surface area (Å²) >= 11 is 0. The van der Waals surface area contributed by atoms with E-state index in [0.29, 0.717) is 19.3 Å². The average molecular weight is 1100 g/mol. The molecule has 0 aromatic heterocycles. The molecule has 452 valence electrons. The Labute approximate surface area is 489 Å². The lowest BCUT2D eigenvalue weighted by Crippen LogP contribution is -2.30. The van der Waals surface area contributed by atoms with E-state index in [-0.39, 0.29) is 31.1 Å². The van der Waals surface area contributed by atoms with Crippen LogP contribution in [0.1, 0.15) is 316 Å². The molecular formula is C73H124O6. The normalized spacial score (nSPS) is 12.8. The standard InChI is InChI=1S/C73H124O6/c1-4-7-10-13-16-19-21-23-25-27-29-31-33-34-35-36-37-38-40-41-43-45-47-49-51-54-57-60-63-66-72(75)78-69-70(68-77-71(74)65-62-59-56-53-18-15-12-9-6-3)79-73(76)67-64-61-58-55-52-50-48-46-44-42-39-32-30-28-26-24-22-20-17-14-11-8-5-2/h7,10,16,19,22-25,28-31,34-35,37-38,41,43,70H,4-6,8-9,11-15,17-18,20-21,26-27,32-33,36,39-40,42,44-69H2,1-3H3/b10-7-,19-16-,24-22-,25-23-,30-28-,31-29-,35-34-,38-37-,43-41-. The molecule has 0 bridgehead atoms. The molecule has 0 spiro atoms. The Morgan fingerprint density at radius 3 is 0.772 bits per heavy atom. The highest BCUT2D eigenvalue weighted by Gasteiger charge is 2.19. The Balaban J connectivity index is 4.24. The number of hydrogen-bond acceptors (Lipinski definition) is 6. The third-order valence-electron chi connectivity index (χ3n) is 14.3. The molecule has 0 saturated carbocycles. The number of unbranched alkanes of at least 4 members (excludes halogenated alkanes) is 31. The number of esters is 3. The Morgan fingerprint density at radius 1 is 0.266 bits per heavy atom. The van der Waals surface area contributed by atoms with Crippen molar-refractivity contribution < 1.29 is 28.6 Å². The van der Waals surface area contributed by atoms with Crippen LogP contribution in [-0.4, -0.2) is 37.2 Å². The molecule has 1 unspecified atom stereocenters. The number of ether oxygens (including phenoxy) is 3. The summed E-state index contributed by atoms with van der Waals surface area (Å²) in [5.41, 5.74) is 0. The van der Waals surface area contributed by atoms with Crippen molar-refractivity contribution in [3.05, 3.63) is 109 Å². The molecular weight excluding hydrogens is 973 g/mol. The van der Waals surface area contributed by atoms with Gasteiger partial charge in [0.2, 0.25) is 0 Å². The van der Waals surface area contributed by atoms with Gasteiger partial charge in [-0.25, -0.2) is 0 Å². The minimum Gasteiger partial charge on any atom is -0.462 e. The minimum atomic E-state index is -0.784. The van der Waals surface area contributed by atoms with Gasteiger partial charge in [0.1, 0.15) is 13.2 Å². The van der Waals surface area contributed by atoms with E-state index in [0.717, 1.165) is 116 Å². The van der Waals surface area contributed by atoms with Gasteiger partial charge in [-0.15, -0.1) is 0 Å². The Bertz CT molecular complexity index is 1590. The topological polar surface area (TPSA) is 78.9 Å². The van der Waals surface area contributed by atoms with Crippen molar-refractivity contribution in [2.24, 2.45) is 0 Å². The maximum atomic E-state index is 12.9. The van der Waals surface area contributed by atoms with Gasteiger partial charge in [-0.1, -0.05) is 297 Å². The van der Waals surface area contributed by atoms with E-state index in [1.807, 2.05) is 0 Å². The van der Waals surface area contributed by atoms with Crippen LogP contribution in [0.25, 0.3) is 0 Å². The van der Waals surface area contributed by atoms with Crippen molar-refractivity contribution in [3.63, 3.8) is 0 Å². The third kappa shape index (κ3) is 64.8. The minimum absolute atomic E-state index is 0.0805. The van der Waals surface area contributed by atoms with Crippen LogP contribution >= 0.6 is 0 Å². The molecule has 0 aromatic rings. The van der Waals surface area contributed by atoms with Crippen molar-refractivity contribution in [2.45, 2.75) is 322 Å². The van der Waals surface area contributed by atoms with Crippen molar-refractivity contribution in [2.75, 3.05) is 13.2 Å². The van der Waals surface area contributed by atoms with E-state index in [1.54, 1.807) is 0 Å². The van der Waals surface area contributed by atoms with Crippen LogP contribution in [-0.2, 0) is 28.6 Å². The molecule has 0 amide bonds. The van der Waals surface area contributed by atoms with Gasteiger partial charge in [-0.2, -0.15) is 0 Å². The molecule has 0 aliphatic rings. The van der Waals surface area contributed by atoms with Crippen molar-refractivity contribution >= 4 is 17.9 Å². The first-order valence-corrected chi connectivity index (χ1v) is 33.4. The first-order chi connectivity index (χ1) is 39.0.